The van der Waals surface area contributed by atoms with Gasteiger partial charge < -0.3 is 0 Å². The van der Waals surface area contributed by atoms with Gasteiger partial charge in [-0.1, -0.05) is 50.1 Å². The van der Waals surface area contributed by atoms with Crippen LogP contribution >= 0.6 is 0 Å². The first-order valence-corrected chi connectivity index (χ1v) is 5.25. The fourth-order valence-electron chi connectivity index (χ4n) is 1.20. The largest absolute Gasteiger partial charge is 0.208 e. The summed E-state index contributed by atoms with van der Waals surface area (Å²) >= 11 is 0. The molecule has 0 unspecified atom stereocenters. The van der Waals surface area contributed by atoms with Crippen molar-refractivity contribution in [1.82, 2.24) is 0 Å². The second kappa shape index (κ2) is 8.66. The molecule has 0 heterocycles. The summed E-state index contributed by atoms with van der Waals surface area (Å²) < 4.78 is 12.6. The molecule has 0 N–H and O–H groups in total. The quantitative estimate of drug-likeness (QED) is 0.524. The minimum absolute atomic E-state index is 0.438. The van der Waals surface area contributed by atoms with Crippen LogP contribution < -0.4 is 0 Å². The summed E-state index contributed by atoms with van der Waals surface area (Å²) in [6.45, 7) is 12.5. The van der Waals surface area contributed by atoms with Gasteiger partial charge >= 0.3 is 0 Å². The molecule has 0 aromatic rings. The Morgan fingerprint density at radius 2 is 1.69 bits per heavy atom. The van der Waals surface area contributed by atoms with Gasteiger partial charge in [-0.2, -0.15) is 0 Å². The van der Waals surface area contributed by atoms with E-state index in [9.17, 15) is 4.39 Å². The molecule has 0 saturated heterocycles. The molecular formula is C15H19F. The summed E-state index contributed by atoms with van der Waals surface area (Å²) in [6.07, 6.45) is 12.3. The maximum absolute atomic E-state index is 12.6. The average Bonchev–Trinajstić information content (AvgIpc) is 2.27. The predicted octanol–water partition coefficient (Wildman–Crippen LogP) is 5.05. The highest BCUT2D eigenvalue weighted by molar-refractivity contribution is 5.28. The third-order valence-corrected chi connectivity index (χ3v) is 2.07. The van der Waals surface area contributed by atoms with Crippen molar-refractivity contribution < 1.29 is 4.39 Å². The van der Waals surface area contributed by atoms with E-state index in [1.807, 2.05) is 31.2 Å². The van der Waals surface area contributed by atoms with E-state index >= 15 is 0 Å². The Balaban J connectivity index is 4.45. The predicted molar refractivity (Wildman–Crippen MR) is 70.9 cm³/mol. The molecule has 0 fully saturated rings. The van der Waals surface area contributed by atoms with Gasteiger partial charge in [0.25, 0.3) is 0 Å². The molecule has 0 radical (unpaired) electrons. The number of rotatable bonds is 7. The molecule has 0 nitrogen and oxygen atoms in total. The van der Waals surface area contributed by atoms with Crippen molar-refractivity contribution >= 4 is 0 Å². The van der Waals surface area contributed by atoms with E-state index in [0.29, 0.717) is 0 Å². The Kier molecular flexibility index (Phi) is 7.78. The first-order chi connectivity index (χ1) is 7.63. The lowest BCUT2D eigenvalue weighted by atomic mass is 10.0. The average molecular weight is 218 g/mol. The van der Waals surface area contributed by atoms with E-state index < -0.39 is 5.83 Å². The Bertz CT molecular complexity index is 340. The summed E-state index contributed by atoms with van der Waals surface area (Å²) in [5.41, 5.74) is 1.97. The minimum Gasteiger partial charge on any atom is -0.208 e. The molecule has 0 amide bonds. The molecule has 0 atom stereocenters. The molecule has 0 spiro atoms. The van der Waals surface area contributed by atoms with Crippen LogP contribution in [-0.2, 0) is 0 Å². The van der Waals surface area contributed by atoms with Gasteiger partial charge in [0.1, 0.15) is 5.83 Å². The van der Waals surface area contributed by atoms with E-state index in [2.05, 4.69) is 19.7 Å². The molecule has 0 aliphatic carbocycles. The molecule has 0 bridgehead atoms. The fraction of sp³-hybridized carbons (Fsp3) is 0.200. The lowest BCUT2D eigenvalue weighted by Gasteiger charge is -2.02. The standard InChI is InChI=1S/C15H19F/c1-5-8-9-14(6-2)10-11-15(7-3)12-13(4)16/h5-9,12H,2-4,10-11H2,1H3/b8-5-,14-9+,15-12+. The topological polar surface area (TPSA) is 0 Å². The number of hydrogen-bond donors (Lipinski definition) is 0. The second-order valence-corrected chi connectivity index (χ2v) is 3.34. The summed E-state index contributed by atoms with van der Waals surface area (Å²) in [4.78, 5) is 0. The van der Waals surface area contributed by atoms with Gasteiger partial charge in [-0.05, 0) is 37.0 Å². The lowest BCUT2D eigenvalue weighted by Crippen LogP contribution is -1.83. The Morgan fingerprint density at radius 3 is 2.12 bits per heavy atom. The molecule has 0 aromatic carbocycles. The smallest absolute Gasteiger partial charge is 0.116 e. The Labute approximate surface area is 97.9 Å². The summed E-state index contributed by atoms with van der Waals surface area (Å²) in [5, 5.41) is 0. The van der Waals surface area contributed by atoms with Crippen LogP contribution in [0.15, 0.2) is 73.2 Å². The van der Waals surface area contributed by atoms with E-state index in [1.165, 1.54) is 6.08 Å². The number of allylic oxidation sites excluding steroid dienone is 9. The zero-order valence-electron chi connectivity index (χ0n) is 9.88. The molecule has 0 aliphatic heterocycles. The van der Waals surface area contributed by atoms with E-state index in [4.69, 9.17) is 0 Å². The van der Waals surface area contributed by atoms with Crippen LogP contribution in [0.5, 0.6) is 0 Å². The highest BCUT2D eigenvalue weighted by atomic mass is 19.1. The van der Waals surface area contributed by atoms with Gasteiger partial charge in [-0.25, -0.2) is 4.39 Å². The van der Waals surface area contributed by atoms with Crippen molar-refractivity contribution in [3.8, 4) is 0 Å². The van der Waals surface area contributed by atoms with Crippen LogP contribution in [-0.4, -0.2) is 0 Å². The Morgan fingerprint density at radius 1 is 1.12 bits per heavy atom. The van der Waals surface area contributed by atoms with Crippen LogP contribution in [0.3, 0.4) is 0 Å². The molecule has 0 rings (SSSR count). The molecule has 0 aliphatic rings. The summed E-state index contributed by atoms with van der Waals surface area (Å²) in [7, 11) is 0. The van der Waals surface area contributed by atoms with Crippen LogP contribution in [0.25, 0.3) is 0 Å². The monoisotopic (exact) mass is 218 g/mol. The summed E-state index contributed by atoms with van der Waals surface area (Å²) in [5.74, 6) is -0.438. The van der Waals surface area contributed by atoms with Crippen molar-refractivity contribution in [2.24, 2.45) is 0 Å². The molecule has 0 aromatic heterocycles. The van der Waals surface area contributed by atoms with E-state index in [0.717, 1.165) is 24.0 Å². The highest BCUT2D eigenvalue weighted by Crippen LogP contribution is 2.15. The molecular weight excluding hydrogens is 199 g/mol. The van der Waals surface area contributed by atoms with Gasteiger partial charge in [0, 0.05) is 0 Å². The third kappa shape index (κ3) is 6.77. The molecule has 0 saturated carbocycles. The van der Waals surface area contributed by atoms with Crippen molar-refractivity contribution in [3.63, 3.8) is 0 Å². The lowest BCUT2D eigenvalue weighted by molar-refractivity contribution is 0.669. The van der Waals surface area contributed by atoms with Crippen LogP contribution in [0, 0.1) is 0 Å². The maximum Gasteiger partial charge on any atom is 0.116 e. The van der Waals surface area contributed by atoms with Gasteiger partial charge in [-0.15, -0.1) is 0 Å². The number of hydrogen-bond acceptors (Lipinski definition) is 0. The minimum atomic E-state index is -0.438. The maximum atomic E-state index is 12.6. The summed E-state index contributed by atoms with van der Waals surface area (Å²) in [6, 6.07) is 0. The van der Waals surface area contributed by atoms with Crippen LogP contribution in [0.2, 0.25) is 0 Å². The SMILES string of the molecule is C=C/C(=C\C=C/C)CC/C(C=C)=C/C(=C)F. The van der Waals surface area contributed by atoms with Crippen molar-refractivity contribution in [2.75, 3.05) is 0 Å². The van der Waals surface area contributed by atoms with Gasteiger partial charge in [0.15, 0.2) is 0 Å². The zero-order valence-corrected chi connectivity index (χ0v) is 9.88. The van der Waals surface area contributed by atoms with E-state index in [1.54, 1.807) is 6.08 Å². The van der Waals surface area contributed by atoms with E-state index in [-0.39, 0.29) is 0 Å². The molecule has 1 heteroatoms. The van der Waals surface area contributed by atoms with Gasteiger partial charge in [0.05, 0.1) is 0 Å². The molecule has 86 valence electrons. The van der Waals surface area contributed by atoms with Crippen LogP contribution in [0.1, 0.15) is 19.8 Å². The zero-order chi connectivity index (χ0) is 12.4. The first-order valence-electron chi connectivity index (χ1n) is 5.25. The van der Waals surface area contributed by atoms with Crippen molar-refractivity contribution in [1.29, 1.82) is 0 Å². The first kappa shape index (κ1) is 14.4. The highest BCUT2D eigenvalue weighted by Gasteiger charge is 1.96. The second-order valence-electron chi connectivity index (χ2n) is 3.34. The van der Waals surface area contributed by atoms with Crippen molar-refractivity contribution in [2.45, 2.75) is 19.8 Å². The fourth-order valence-corrected chi connectivity index (χ4v) is 1.20. The molecule has 16 heavy (non-hydrogen) atoms. The normalized spacial score (nSPS) is 12.9. The third-order valence-electron chi connectivity index (χ3n) is 2.07. The van der Waals surface area contributed by atoms with Crippen LogP contribution in [0.4, 0.5) is 4.39 Å². The Hall–Kier alpha value is -1.63. The van der Waals surface area contributed by atoms with Crippen molar-refractivity contribution in [3.05, 3.63) is 73.2 Å². The van der Waals surface area contributed by atoms with Gasteiger partial charge in [-0.3, -0.25) is 0 Å². The van der Waals surface area contributed by atoms with Gasteiger partial charge in [0.2, 0.25) is 0 Å². The number of halogens is 1.